The maximum absolute atomic E-state index is 6.27. The predicted molar refractivity (Wildman–Crippen MR) is 247 cm³/mol. The van der Waals surface area contributed by atoms with E-state index in [1.165, 1.54) is 0 Å². The summed E-state index contributed by atoms with van der Waals surface area (Å²) in [6.07, 6.45) is 11.8. The number of hydrazine groups is 4. The van der Waals surface area contributed by atoms with Crippen molar-refractivity contribution < 1.29 is 18.9 Å². The van der Waals surface area contributed by atoms with Gasteiger partial charge in [0.15, 0.2) is 23.2 Å². The third-order valence-electron chi connectivity index (χ3n) is 13.1. The SMILES string of the molecule is CC(C)N(C1=CC(N2C(C)(C)CC3(CC2(C)C)OCCO3)=NN(NCCCCCCNN2N=C(N(C(C)C)C(C)C)C=C(N3C(C)(C)CC4(CC3(C)C)OCCO4)N2)N1)C(C)C. The van der Waals surface area contributed by atoms with Gasteiger partial charge in [-0.05, 0) is 124 Å². The molecule has 0 radical (unpaired) electrons. The van der Waals surface area contributed by atoms with Gasteiger partial charge in [-0.1, -0.05) is 12.8 Å². The highest BCUT2D eigenvalue weighted by Crippen LogP contribution is 2.50. The zero-order valence-electron chi connectivity index (χ0n) is 41.6. The van der Waals surface area contributed by atoms with Crippen LogP contribution in [-0.4, -0.2) is 139 Å². The zero-order chi connectivity index (χ0) is 45.5. The van der Waals surface area contributed by atoms with Gasteiger partial charge in [0.1, 0.15) is 11.6 Å². The minimum absolute atomic E-state index is 0.242. The molecule has 62 heavy (non-hydrogen) atoms. The van der Waals surface area contributed by atoms with Crippen LogP contribution in [-0.2, 0) is 18.9 Å². The summed E-state index contributed by atoms with van der Waals surface area (Å²) in [5.41, 5.74) is 13.5. The smallest absolute Gasteiger partial charge is 0.172 e. The Bertz CT molecular complexity index is 1600. The molecule has 4 saturated heterocycles. The largest absolute Gasteiger partial charge is 0.352 e. The predicted octanol–water partition coefficient (Wildman–Crippen LogP) is 6.54. The van der Waals surface area contributed by atoms with E-state index in [2.05, 4.69) is 164 Å². The molecular weight excluding hydrogens is 785 g/mol. The number of piperidine rings is 2. The number of amidine groups is 2. The van der Waals surface area contributed by atoms with Crippen LogP contribution in [0.5, 0.6) is 0 Å². The number of likely N-dealkylation sites (tertiary alicyclic amines) is 2. The van der Waals surface area contributed by atoms with E-state index in [4.69, 9.17) is 29.2 Å². The van der Waals surface area contributed by atoms with E-state index in [-0.39, 0.29) is 34.2 Å². The second kappa shape index (κ2) is 18.5. The highest BCUT2D eigenvalue weighted by Gasteiger charge is 2.58. The van der Waals surface area contributed by atoms with Crippen molar-refractivity contribution in [1.29, 1.82) is 0 Å². The number of nitrogens with zero attached hydrogens (tertiary/aromatic N) is 8. The van der Waals surface area contributed by atoms with Crippen LogP contribution in [0.4, 0.5) is 0 Å². The van der Waals surface area contributed by atoms with Crippen molar-refractivity contribution in [2.75, 3.05) is 39.5 Å². The minimum atomic E-state index is -0.547. The van der Waals surface area contributed by atoms with E-state index < -0.39 is 11.6 Å². The van der Waals surface area contributed by atoms with E-state index in [0.29, 0.717) is 38.5 Å². The van der Waals surface area contributed by atoms with Crippen LogP contribution in [0.25, 0.3) is 0 Å². The number of hydrogen-bond acceptors (Lipinski definition) is 16. The number of rotatable bonds is 15. The van der Waals surface area contributed by atoms with Crippen LogP contribution >= 0.6 is 0 Å². The summed E-state index contributed by atoms with van der Waals surface area (Å²) >= 11 is 0. The Balaban J connectivity index is 1.06. The normalized spacial score (nSPS) is 24.8. The Morgan fingerprint density at radius 2 is 0.952 bits per heavy atom. The monoisotopic (exact) mass is 871 g/mol. The minimum Gasteiger partial charge on any atom is -0.352 e. The van der Waals surface area contributed by atoms with Gasteiger partial charge in [-0.25, -0.2) is 0 Å². The molecule has 16 nitrogen and oxygen atoms in total. The van der Waals surface area contributed by atoms with Crippen molar-refractivity contribution in [3.63, 3.8) is 0 Å². The van der Waals surface area contributed by atoms with E-state index in [1.807, 2.05) is 10.5 Å². The summed E-state index contributed by atoms with van der Waals surface area (Å²) in [6.45, 7) is 40.4. The maximum Gasteiger partial charge on any atom is 0.172 e. The Labute approximate surface area is 375 Å². The van der Waals surface area contributed by atoms with Gasteiger partial charge in [-0.15, -0.1) is 20.7 Å². The first-order chi connectivity index (χ1) is 28.9. The molecule has 6 rings (SSSR count). The molecule has 6 aliphatic heterocycles. The number of nitrogens with one attached hydrogen (secondary N) is 4. The summed E-state index contributed by atoms with van der Waals surface area (Å²) in [6, 6.07) is 1.18. The standard InChI is InChI=1S/C46H86N12O4/c1-33(2)53(34(3)4)37-27-39(55-41(9,10)29-45(30-42(55,11)12)59-23-24-60-45)51-57(49-37)47-21-19-17-18-20-22-48-58-50-38(54(35(5)6)36(7)8)28-40(52-58)56-43(13,14)31-46(32-44(56,15)16)61-25-26-62-46/h27-28,33-36,47-49,52H,17-26,29-32H2,1-16H3. The zero-order valence-corrected chi connectivity index (χ0v) is 41.6. The molecule has 0 unspecified atom stereocenters. The van der Waals surface area contributed by atoms with Crippen molar-refractivity contribution >= 4 is 11.7 Å². The lowest BCUT2D eigenvalue weighted by atomic mass is 9.75. The fourth-order valence-electron chi connectivity index (χ4n) is 12.1. The van der Waals surface area contributed by atoms with Crippen LogP contribution in [0.3, 0.4) is 0 Å². The van der Waals surface area contributed by atoms with Crippen molar-refractivity contribution in [2.45, 2.75) is 220 Å². The first-order valence-electron chi connectivity index (χ1n) is 23.8. The Hall–Kier alpha value is -3.02. The fraction of sp³-hybridized carbons (Fsp3) is 0.870. The summed E-state index contributed by atoms with van der Waals surface area (Å²) < 4.78 is 25.1. The molecule has 6 heterocycles. The molecule has 0 amide bonds. The van der Waals surface area contributed by atoms with Gasteiger partial charge in [0, 0.05) is 97.2 Å². The molecule has 0 aromatic rings. The molecule has 4 fully saturated rings. The average molecular weight is 871 g/mol. The summed E-state index contributed by atoms with van der Waals surface area (Å²) in [7, 11) is 0. The van der Waals surface area contributed by atoms with Gasteiger partial charge in [-0.3, -0.25) is 10.9 Å². The van der Waals surface area contributed by atoms with Gasteiger partial charge in [0.25, 0.3) is 0 Å². The van der Waals surface area contributed by atoms with Gasteiger partial charge in [0.2, 0.25) is 0 Å². The molecule has 2 spiro atoms. The fourth-order valence-corrected chi connectivity index (χ4v) is 12.1. The number of unbranched alkanes of at least 4 members (excludes halogenated alkanes) is 3. The number of hydrazone groups is 2. The van der Waals surface area contributed by atoms with Crippen LogP contribution in [0.1, 0.15) is 162 Å². The number of hydrogen-bond donors (Lipinski definition) is 4. The van der Waals surface area contributed by atoms with E-state index in [1.54, 1.807) is 0 Å². The third-order valence-corrected chi connectivity index (χ3v) is 13.1. The molecule has 0 aliphatic carbocycles. The van der Waals surface area contributed by atoms with Crippen LogP contribution < -0.4 is 21.7 Å². The quantitative estimate of drug-likeness (QED) is 0.133. The van der Waals surface area contributed by atoms with Crippen molar-refractivity contribution in [2.24, 2.45) is 10.2 Å². The highest BCUT2D eigenvalue weighted by atomic mass is 16.7. The highest BCUT2D eigenvalue weighted by molar-refractivity contribution is 5.95. The van der Waals surface area contributed by atoms with E-state index in [0.717, 1.165) is 87.8 Å². The molecule has 0 atom stereocenters. The molecule has 0 aromatic heterocycles. The van der Waals surface area contributed by atoms with Crippen molar-refractivity contribution in [1.82, 2.24) is 51.8 Å². The Morgan fingerprint density at radius 3 is 1.37 bits per heavy atom. The van der Waals surface area contributed by atoms with Gasteiger partial charge in [0.05, 0.1) is 26.4 Å². The van der Waals surface area contributed by atoms with Crippen molar-refractivity contribution in [3.05, 3.63) is 23.8 Å². The lowest BCUT2D eigenvalue weighted by molar-refractivity contribution is -0.235. The van der Waals surface area contributed by atoms with Crippen LogP contribution in [0.15, 0.2) is 34.0 Å². The lowest BCUT2D eigenvalue weighted by Crippen LogP contribution is -2.68. The molecule has 16 heteroatoms. The van der Waals surface area contributed by atoms with Crippen LogP contribution in [0.2, 0.25) is 0 Å². The molecule has 354 valence electrons. The van der Waals surface area contributed by atoms with Gasteiger partial charge < -0.3 is 38.5 Å². The Kier molecular flexibility index (Phi) is 14.4. The maximum atomic E-state index is 6.27. The van der Waals surface area contributed by atoms with Crippen molar-refractivity contribution in [3.8, 4) is 0 Å². The molecule has 0 bridgehead atoms. The first kappa shape index (κ1) is 48.4. The average Bonchev–Trinajstić information content (AvgIpc) is 3.74. The van der Waals surface area contributed by atoms with Gasteiger partial charge in [-0.2, -0.15) is 10.9 Å². The van der Waals surface area contributed by atoms with Crippen LogP contribution in [0, 0.1) is 0 Å². The second-order valence-electron chi connectivity index (χ2n) is 22.1. The molecule has 6 aliphatic rings. The lowest BCUT2D eigenvalue weighted by Gasteiger charge is -2.59. The third kappa shape index (κ3) is 10.6. The molecule has 4 N–H and O–H groups in total. The summed E-state index contributed by atoms with van der Waals surface area (Å²) in [4.78, 5) is 9.79. The molecular formula is C46H86N12O4. The summed E-state index contributed by atoms with van der Waals surface area (Å²) in [5, 5.41) is 14.0. The van der Waals surface area contributed by atoms with Gasteiger partial charge >= 0.3 is 0 Å². The summed E-state index contributed by atoms with van der Waals surface area (Å²) in [5.74, 6) is 2.84. The second-order valence-corrected chi connectivity index (χ2v) is 22.1. The first-order valence-corrected chi connectivity index (χ1v) is 23.8. The number of ether oxygens (including phenoxy) is 4. The Morgan fingerprint density at radius 1 is 0.548 bits per heavy atom. The van der Waals surface area contributed by atoms with E-state index >= 15 is 0 Å². The molecule has 0 aromatic carbocycles. The van der Waals surface area contributed by atoms with E-state index in [9.17, 15) is 0 Å². The molecule has 0 saturated carbocycles. The topological polar surface area (TPSA) is 129 Å².